The zero-order valence-electron chi connectivity index (χ0n) is 9.57. The van der Waals surface area contributed by atoms with Gasteiger partial charge in [-0.2, -0.15) is 0 Å². The summed E-state index contributed by atoms with van der Waals surface area (Å²) in [4.78, 5) is 0. The molecule has 0 saturated heterocycles. The van der Waals surface area contributed by atoms with Crippen molar-refractivity contribution in [3.8, 4) is 0 Å². The molecule has 1 unspecified atom stereocenters. The van der Waals surface area contributed by atoms with Crippen molar-refractivity contribution < 1.29 is 4.42 Å². The van der Waals surface area contributed by atoms with Crippen LogP contribution < -0.4 is 5.32 Å². The fourth-order valence-corrected chi connectivity index (χ4v) is 1.89. The standard InChI is InChI=1S/C14H17NO/c1-3-4-8-12(15-2)14-10-11-7-5-6-9-13(11)16-14/h3,5-7,9-10,12,15H,1,4,8H2,2H3. The Bertz CT molecular complexity index is 439. The van der Waals surface area contributed by atoms with Crippen LogP contribution in [0.2, 0.25) is 0 Å². The van der Waals surface area contributed by atoms with Gasteiger partial charge < -0.3 is 9.73 Å². The van der Waals surface area contributed by atoms with Crippen LogP contribution >= 0.6 is 0 Å². The fourth-order valence-electron chi connectivity index (χ4n) is 1.89. The van der Waals surface area contributed by atoms with Crippen molar-refractivity contribution in [2.24, 2.45) is 0 Å². The fraction of sp³-hybridized carbons (Fsp3) is 0.286. The first-order valence-electron chi connectivity index (χ1n) is 5.62. The van der Waals surface area contributed by atoms with Crippen molar-refractivity contribution >= 4 is 11.0 Å². The van der Waals surface area contributed by atoms with Crippen LogP contribution in [0.25, 0.3) is 11.0 Å². The number of nitrogens with one attached hydrogen (secondary N) is 1. The number of benzene rings is 1. The molecule has 84 valence electrons. The smallest absolute Gasteiger partial charge is 0.134 e. The summed E-state index contributed by atoms with van der Waals surface area (Å²) in [5.41, 5.74) is 0.955. The number of furan rings is 1. The molecule has 0 bridgehead atoms. The minimum Gasteiger partial charge on any atom is -0.459 e. The van der Waals surface area contributed by atoms with Crippen LogP contribution in [0.15, 0.2) is 47.4 Å². The predicted molar refractivity (Wildman–Crippen MR) is 67.4 cm³/mol. The zero-order valence-corrected chi connectivity index (χ0v) is 9.57. The second kappa shape index (κ2) is 4.99. The summed E-state index contributed by atoms with van der Waals surface area (Å²) >= 11 is 0. The van der Waals surface area contributed by atoms with Crippen LogP contribution in [0, 0.1) is 0 Å². The normalized spacial score (nSPS) is 12.8. The highest BCUT2D eigenvalue weighted by Crippen LogP contribution is 2.26. The number of hydrogen-bond acceptors (Lipinski definition) is 2. The van der Waals surface area contributed by atoms with Crippen LogP contribution in [0.5, 0.6) is 0 Å². The lowest BCUT2D eigenvalue weighted by molar-refractivity contribution is 0.435. The second-order valence-corrected chi connectivity index (χ2v) is 3.89. The van der Waals surface area contributed by atoms with E-state index in [0.29, 0.717) is 0 Å². The maximum Gasteiger partial charge on any atom is 0.134 e. The Labute approximate surface area is 96.0 Å². The average Bonchev–Trinajstić information content (AvgIpc) is 2.73. The van der Waals surface area contributed by atoms with Gasteiger partial charge in [0.2, 0.25) is 0 Å². The minimum absolute atomic E-state index is 0.269. The molecule has 0 spiro atoms. The molecule has 2 rings (SSSR count). The topological polar surface area (TPSA) is 25.2 Å². The molecular formula is C14H17NO. The van der Waals surface area contributed by atoms with Crippen LogP contribution in [0.4, 0.5) is 0 Å². The second-order valence-electron chi connectivity index (χ2n) is 3.89. The number of para-hydroxylation sites is 1. The first kappa shape index (κ1) is 11.0. The molecule has 2 heteroatoms. The number of rotatable bonds is 5. The third-order valence-electron chi connectivity index (χ3n) is 2.80. The Morgan fingerprint density at radius 2 is 2.25 bits per heavy atom. The van der Waals surface area contributed by atoms with Gasteiger partial charge in [-0.1, -0.05) is 24.3 Å². The largest absolute Gasteiger partial charge is 0.459 e. The molecule has 16 heavy (non-hydrogen) atoms. The predicted octanol–water partition coefficient (Wildman–Crippen LogP) is 3.66. The van der Waals surface area contributed by atoms with Crippen molar-refractivity contribution in [1.29, 1.82) is 0 Å². The van der Waals surface area contributed by atoms with Gasteiger partial charge in [-0.15, -0.1) is 6.58 Å². The lowest BCUT2D eigenvalue weighted by atomic mass is 10.1. The van der Waals surface area contributed by atoms with Gasteiger partial charge in [0, 0.05) is 5.39 Å². The summed E-state index contributed by atoms with van der Waals surface area (Å²) < 4.78 is 5.82. The monoisotopic (exact) mass is 215 g/mol. The summed E-state index contributed by atoms with van der Waals surface area (Å²) in [6.45, 7) is 3.74. The van der Waals surface area contributed by atoms with E-state index >= 15 is 0 Å². The maximum atomic E-state index is 5.82. The van der Waals surface area contributed by atoms with Crippen molar-refractivity contribution in [3.63, 3.8) is 0 Å². The van der Waals surface area contributed by atoms with Gasteiger partial charge in [-0.3, -0.25) is 0 Å². The highest BCUT2D eigenvalue weighted by atomic mass is 16.3. The van der Waals surface area contributed by atoms with Gasteiger partial charge in [0.05, 0.1) is 6.04 Å². The van der Waals surface area contributed by atoms with E-state index in [0.717, 1.165) is 29.6 Å². The Balaban J connectivity index is 2.26. The lowest BCUT2D eigenvalue weighted by Crippen LogP contribution is -2.15. The van der Waals surface area contributed by atoms with E-state index in [9.17, 15) is 0 Å². The minimum atomic E-state index is 0.269. The van der Waals surface area contributed by atoms with Crippen molar-refractivity contribution in [2.45, 2.75) is 18.9 Å². The summed E-state index contributed by atoms with van der Waals surface area (Å²) in [5.74, 6) is 1.01. The highest BCUT2D eigenvalue weighted by molar-refractivity contribution is 5.77. The van der Waals surface area contributed by atoms with E-state index in [4.69, 9.17) is 4.42 Å². The average molecular weight is 215 g/mol. The van der Waals surface area contributed by atoms with Crippen LogP contribution in [-0.4, -0.2) is 7.05 Å². The molecule has 1 N–H and O–H groups in total. The van der Waals surface area contributed by atoms with Gasteiger partial charge in [0.1, 0.15) is 11.3 Å². The van der Waals surface area contributed by atoms with Crippen molar-refractivity contribution in [1.82, 2.24) is 5.32 Å². The molecule has 1 atom stereocenters. The third-order valence-corrected chi connectivity index (χ3v) is 2.80. The van der Waals surface area contributed by atoms with Gasteiger partial charge in [0.25, 0.3) is 0 Å². The van der Waals surface area contributed by atoms with Gasteiger partial charge in [0.15, 0.2) is 0 Å². The molecule has 0 aliphatic heterocycles. The third kappa shape index (κ3) is 2.17. The zero-order chi connectivity index (χ0) is 11.4. The Morgan fingerprint density at radius 1 is 1.44 bits per heavy atom. The Morgan fingerprint density at radius 3 is 2.94 bits per heavy atom. The van der Waals surface area contributed by atoms with E-state index in [1.807, 2.05) is 31.3 Å². The van der Waals surface area contributed by atoms with E-state index in [1.165, 1.54) is 0 Å². The molecule has 0 radical (unpaired) electrons. The summed E-state index contributed by atoms with van der Waals surface area (Å²) in [5, 5.41) is 4.44. The van der Waals surface area contributed by atoms with Crippen molar-refractivity contribution in [3.05, 3.63) is 48.7 Å². The van der Waals surface area contributed by atoms with Crippen molar-refractivity contribution in [2.75, 3.05) is 7.05 Å². The Kier molecular flexibility index (Phi) is 3.42. The number of hydrogen-bond donors (Lipinski definition) is 1. The van der Waals surface area contributed by atoms with Crippen LogP contribution in [0.3, 0.4) is 0 Å². The van der Waals surface area contributed by atoms with Gasteiger partial charge >= 0.3 is 0 Å². The Hall–Kier alpha value is -1.54. The maximum absolute atomic E-state index is 5.82. The van der Waals surface area contributed by atoms with Gasteiger partial charge in [-0.05, 0) is 32.0 Å². The molecule has 0 aliphatic rings. The summed E-state index contributed by atoms with van der Waals surface area (Å²) in [6.07, 6.45) is 3.94. The molecule has 0 fully saturated rings. The first-order valence-corrected chi connectivity index (χ1v) is 5.62. The molecule has 0 saturated carbocycles. The molecule has 2 nitrogen and oxygen atoms in total. The summed E-state index contributed by atoms with van der Waals surface area (Å²) in [6, 6.07) is 10.5. The molecule has 0 amide bonds. The summed E-state index contributed by atoms with van der Waals surface area (Å²) in [7, 11) is 1.96. The van der Waals surface area contributed by atoms with E-state index < -0.39 is 0 Å². The van der Waals surface area contributed by atoms with Crippen LogP contribution in [-0.2, 0) is 0 Å². The molecule has 0 aliphatic carbocycles. The van der Waals surface area contributed by atoms with Gasteiger partial charge in [-0.25, -0.2) is 0 Å². The molecule has 1 aromatic heterocycles. The van der Waals surface area contributed by atoms with E-state index in [1.54, 1.807) is 0 Å². The highest BCUT2D eigenvalue weighted by Gasteiger charge is 2.13. The van der Waals surface area contributed by atoms with Crippen LogP contribution in [0.1, 0.15) is 24.6 Å². The molecule has 1 aromatic carbocycles. The quantitative estimate of drug-likeness (QED) is 0.770. The van der Waals surface area contributed by atoms with E-state index in [-0.39, 0.29) is 6.04 Å². The molecule has 2 aromatic rings. The SMILES string of the molecule is C=CCCC(NC)c1cc2ccccc2o1. The lowest BCUT2D eigenvalue weighted by Gasteiger charge is -2.11. The number of allylic oxidation sites excluding steroid dienone is 1. The van der Waals surface area contributed by atoms with E-state index in [2.05, 4.69) is 24.0 Å². The molecular weight excluding hydrogens is 198 g/mol. The first-order chi connectivity index (χ1) is 7.85. The number of fused-ring (bicyclic) bond motifs is 1. The molecule has 1 heterocycles.